The van der Waals surface area contributed by atoms with Crippen LogP contribution in [0.3, 0.4) is 0 Å². The lowest BCUT2D eigenvalue weighted by Gasteiger charge is -2.13. The fourth-order valence-corrected chi connectivity index (χ4v) is 1.89. The zero-order valence-corrected chi connectivity index (χ0v) is 9.10. The Balaban J connectivity index is 2.71. The van der Waals surface area contributed by atoms with Gasteiger partial charge in [-0.2, -0.15) is 0 Å². The van der Waals surface area contributed by atoms with Crippen molar-refractivity contribution in [3.8, 4) is 0 Å². The third-order valence-electron chi connectivity index (χ3n) is 2.79. The van der Waals surface area contributed by atoms with Gasteiger partial charge in [0.1, 0.15) is 0 Å². The van der Waals surface area contributed by atoms with E-state index in [1.54, 1.807) is 22.8 Å². The van der Waals surface area contributed by atoms with E-state index < -0.39 is 0 Å². The Morgan fingerprint density at radius 1 is 1.56 bits per heavy atom. The van der Waals surface area contributed by atoms with E-state index in [0.29, 0.717) is 12.1 Å². The Kier molecular flexibility index (Phi) is 2.70. The second-order valence-electron chi connectivity index (χ2n) is 3.82. The fourth-order valence-electron chi connectivity index (χ4n) is 1.89. The molecule has 5 nitrogen and oxygen atoms in total. The molecular weight excluding hydrogens is 206 g/mol. The van der Waals surface area contributed by atoms with E-state index in [4.69, 9.17) is 5.73 Å². The SMILES string of the molecule is CCC(CO)n1c(=O)[nH]c2ccc(N)cc21. The maximum Gasteiger partial charge on any atom is 0.326 e. The highest BCUT2D eigenvalue weighted by Gasteiger charge is 2.14. The molecule has 2 rings (SSSR count). The van der Waals surface area contributed by atoms with Gasteiger partial charge in [-0.1, -0.05) is 6.92 Å². The van der Waals surface area contributed by atoms with Crippen molar-refractivity contribution in [1.82, 2.24) is 9.55 Å². The number of hydrogen-bond donors (Lipinski definition) is 3. The number of nitrogens with one attached hydrogen (secondary N) is 1. The number of imidazole rings is 1. The highest BCUT2D eigenvalue weighted by molar-refractivity contribution is 5.79. The molecule has 0 bridgehead atoms. The van der Waals surface area contributed by atoms with Crippen molar-refractivity contribution < 1.29 is 5.11 Å². The highest BCUT2D eigenvalue weighted by Crippen LogP contribution is 2.19. The minimum absolute atomic E-state index is 0.0574. The first-order valence-corrected chi connectivity index (χ1v) is 5.28. The third-order valence-corrected chi connectivity index (χ3v) is 2.79. The Morgan fingerprint density at radius 3 is 2.94 bits per heavy atom. The zero-order valence-electron chi connectivity index (χ0n) is 9.10. The summed E-state index contributed by atoms with van der Waals surface area (Å²) in [5.41, 5.74) is 7.57. The Bertz CT molecular complexity index is 552. The molecule has 0 amide bonds. The average Bonchev–Trinajstić information content (AvgIpc) is 2.58. The number of H-pyrrole nitrogens is 1. The molecule has 86 valence electrons. The number of benzene rings is 1. The number of nitrogens with zero attached hydrogens (tertiary/aromatic N) is 1. The van der Waals surface area contributed by atoms with E-state index in [2.05, 4.69) is 4.98 Å². The van der Waals surface area contributed by atoms with Crippen LogP contribution in [0.25, 0.3) is 11.0 Å². The predicted octanol–water partition coefficient (Wildman–Crippen LogP) is 0.855. The number of aliphatic hydroxyl groups excluding tert-OH is 1. The van der Waals surface area contributed by atoms with Crippen LogP contribution in [0.15, 0.2) is 23.0 Å². The molecule has 0 aliphatic carbocycles. The second kappa shape index (κ2) is 4.02. The van der Waals surface area contributed by atoms with E-state index in [1.165, 1.54) is 0 Å². The van der Waals surface area contributed by atoms with Gasteiger partial charge in [-0.25, -0.2) is 4.79 Å². The number of aliphatic hydroxyl groups is 1. The van der Waals surface area contributed by atoms with Crippen LogP contribution >= 0.6 is 0 Å². The Hall–Kier alpha value is -1.75. The maximum atomic E-state index is 11.8. The summed E-state index contributed by atoms with van der Waals surface area (Å²) in [6.45, 7) is 1.87. The van der Waals surface area contributed by atoms with Crippen molar-refractivity contribution in [2.75, 3.05) is 12.3 Å². The number of nitrogen functional groups attached to an aromatic ring is 1. The number of aromatic nitrogens is 2. The number of anilines is 1. The molecule has 1 atom stereocenters. The first kappa shape index (κ1) is 10.8. The molecule has 0 fully saturated rings. The van der Waals surface area contributed by atoms with Crippen LogP contribution in [-0.2, 0) is 0 Å². The average molecular weight is 221 g/mol. The largest absolute Gasteiger partial charge is 0.399 e. The first-order chi connectivity index (χ1) is 7.67. The van der Waals surface area contributed by atoms with Gasteiger partial charge >= 0.3 is 5.69 Å². The molecular formula is C11H15N3O2. The standard InChI is InChI=1S/C11H15N3O2/c1-2-8(6-15)14-10-5-7(12)3-4-9(10)13-11(14)16/h3-5,8,15H,2,6,12H2,1H3,(H,13,16). The summed E-state index contributed by atoms with van der Waals surface area (Å²) >= 11 is 0. The predicted molar refractivity (Wildman–Crippen MR) is 63.4 cm³/mol. The summed E-state index contributed by atoms with van der Waals surface area (Å²) in [5.74, 6) is 0. The molecule has 5 heteroatoms. The highest BCUT2D eigenvalue weighted by atomic mass is 16.3. The van der Waals surface area contributed by atoms with E-state index in [-0.39, 0.29) is 18.3 Å². The van der Waals surface area contributed by atoms with E-state index in [0.717, 1.165) is 11.0 Å². The summed E-state index contributed by atoms with van der Waals surface area (Å²) < 4.78 is 1.56. The van der Waals surface area contributed by atoms with Crippen LogP contribution in [0.1, 0.15) is 19.4 Å². The topological polar surface area (TPSA) is 84.0 Å². The fraction of sp³-hybridized carbons (Fsp3) is 0.364. The van der Waals surface area contributed by atoms with Crippen LogP contribution in [0.5, 0.6) is 0 Å². The van der Waals surface area contributed by atoms with Gasteiger partial charge in [0.2, 0.25) is 0 Å². The van der Waals surface area contributed by atoms with E-state index in [1.807, 2.05) is 6.92 Å². The van der Waals surface area contributed by atoms with Crippen molar-refractivity contribution in [2.24, 2.45) is 0 Å². The van der Waals surface area contributed by atoms with Gasteiger partial charge in [-0.3, -0.25) is 4.57 Å². The van der Waals surface area contributed by atoms with Crippen molar-refractivity contribution in [2.45, 2.75) is 19.4 Å². The minimum atomic E-state index is -0.207. The normalized spacial score (nSPS) is 13.1. The van der Waals surface area contributed by atoms with Crippen molar-refractivity contribution in [3.05, 3.63) is 28.7 Å². The molecule has 0 radical (unpaired) electrons. The summed E-state index contributed by atoms with van der Waals surface area (Å²) in [7, 11) is 0. The van der Waals surface area contributed by atoms with Gasteiger partial charge in [0, 0.05) is 5.69 Å². The molecule has 0 saturated heterocycles. The zero-order chi connectivity index (χ0) is 11.7. The van der Waals surface area contributed by atoms with Crippen LogP contribution in [0.4, 0.5) is 5.69 Å². The van der Waals surface area contributed by atoms with Gasteiger partial charge < -0.3 is 15.8 Å². The number of hydrogen-bond acceptors (Lipinski definition) is 3. The van der Waals surface area contributed by atoms with Crippen LogP contribution in [-0.4, -0.2) is 21.3 Å². The molecule has 1 unspecified atom stereocenters. The monoisotopic (exact) mass is 221 g/mol. The lowest BCUT2D eigenvalue weighted by Crippen LogP contribution is -2.24. The van der Waals surface area contributed by atoms with Crippen molar-refractivity contribution >= 4 is 16.7 Å². The van der Waals surface area contributed by atoms with Gasteiger partial charge in [-0.15, -0.1) is 0 Å². The molecule has 0 saturated carbocycles. The summed E-state index contributed by atoms with van der Waals surface area (Å²) in [6.07, 6.45) is 0.693. The molecule has 0 aliphatic rings. The van der Waals surface area contributed by atoms with Crippen LogP contribution in [0, 0.1) is 0 Å². The molecule has 4 N–H and O–H groups in total. The molecule has 1 aromatic heterocycles. The maximum absolute atomic E-state index is 11.8. The smallest absolute Gasteiger partial charge is 0.326 e. The summed E-state index contributed by atoms with van der Waals surface area (Å²) in [4.78, 5) is 14.5. The molecule has 0 spiro atoms. The van der Waals surface area contributed by atoms with Gasteiger partial charge in [0.05, 0.1) is 23.7 Å². The number of aromatic amines is 1. The van der Waals surface area contributed by atoms with Gasteiger partial charge in [0.25, 0.3) is 0 Å². The lowest BCUT2D eigenvalue weighted by atomic mass is 10.2. The van der Waals surface area contributed by atoms with Crippen molar-refractivity contribution in [3.63, 3.8) is 0 Å². The minimum Gasteiger partial charge on any atom is -0.399 e. The van der Waals surface area contributed by atoms with Gasteiger partial charge in [0.15, 0.2) is 0 Å². The third kappa shape index (κ3) is 1.59. The van der Waals surface area contributed by atoms with Crippen molar-refractivity contribution in [1.29, 1.82) is 0 Å². The van der Waals surface area contributed by atoms with Crippen LogP contribution < -0.4 is 11.4 Å². The van der Waals surface area contributed by atoms with Crippen LogP contribution in [0.2, 0.25) is 0 Å². The molecule has 2 aromatic rings. The van der Waals surface area contributed by atoms with E-state index in [9.17, 15) is 9.90 Å². The number of nitrogens with two attached hydrogens (primary N) is 1. The van der Waals surface area contributed by atoms with E-state index >= 15 is 0 Å². The Labute approximate surface area is 92.5 Å². The summed E-state index contributed by atoms with van der Waals surface area (Å²) in [6, 6.07) is 5.05. The molecule has 0 aliphatic heterocycles. The lowest BCUT2D eigenvalue weighted by molar-refractivity contribution is 0.225. The second-order valence-corrected chi connectivity index (χ2v) is 3.82. The summed E-state index contributed by atoms with van der Waals surface area (Å²) in [5, 5.41) is 9.25. The Morgan fingerprint density at radius 2 is 2.31 bits per heavy atom. The molecule has 16 heavy (non-hydrogen) atoms. The first-order valence-electron chi connectivity index (χ1n) is 5.28. The molecule has 1 aromatic carbocycles. The quantitative estimate of drug-likeness (QED) is 0.672. The molecule has 1 heterocycles. The number of rotatable bonds is 3. The number of fused-ring (bicyclic) bond motifs is 1. The van der Waals surface area contributed by atoms with Gasteiger partial charge in [-0.05, 0) is 24.6 Å².